The molecule has 2 atom stereocenters. The van der Waals surface area contributed by atoms with Crippen LogP contribution in [0.15, 0.2) is 18.2 Å². The molecule has 0 bridgehead atoms. The van der Waals surface area contributed by atoms with Crippen molar-refractivity contribution < 1.29 is 14.3 Å². The Morgan fingerprint density at radius 1 is 1.39 bits per heavy atom. The van der Waals surface area contributed by atoms with Crippen LogP contribution in [0, 0.1) is 0 Å². The van der Waals surface area contributed by atoms with Gasteiger partial charge in [-0.05, 0) is 38.5 Å². The Morgan fingerprint density at radius 3 is 2.83 bits per heavy atom. The van der Waals surface area contributed by atoms with Gasteiger partial charge in [-0.1, -0.05) is 0 Å². The molecule has 0 spiro atoms. The lowest BCUT2D eigenvalue weighted by Gasteiger charge is -2.16. The number of carbonyl (C=O) groups is 1. The molecule has 0 radical (unpaired) electrons. The minimum atomic E-state index is -0.124. The highest BCUT2D eigenvalue weighted by Gasteiger charge is 2.17. The molecule has 1 aromatic carbocycles. The van der Waals surface area contributed by atoms with E-state index >= 15 is 0 Å². The van der Waals surface area contributed by atoms with Gasteiger partial charge in [0, 0.05) is 17.6 Å². The second kappa shape index (κ2) is 5.27. The summed E-state index contributed by atoms with van der Waals surface area (Å²) in [5.74, 6) is 1.17. The summed E-state index contributed by atoms with van der Waals surface area (Å²) in [6.45, 7) is 4.07. The summed E-state index contributed by atoms with van der Waals surface area (Å²) in [5.41, 5.74) is 6.26. The molecule has 5 nitrogen and oxygen atoms in total. The summed E-state index contributed by atoms with van der Waals surface area (Å²) in [4.78, 5) is 12.0. The van der Waals surface area contributed by atoms with Gasteiger partial charge in [0.05, 0.1) is 0 Å². The first-order valence-corrected chi connectivity index (χ1v) is 6.02. The zero-order chi connectivity index (χ0) is 13.1. The van der Waals surface area contributed by atoms with Gasteiger partial charge in [0.1, 0.15) is 0 Å². The normalized spacial score (nSPS) is 16.2. The number of nitrogens with one attached hydrogen (secondary N) is 1. The molecule has 18 heavy (non-hydrogen) atoms. The minimum absolute atomic E-state index is 0.0444. The number of nitrogens with two attached hydrogens (primary N) is 1. The molecule has 0 saturated carbocycles. The van der Waals surface area contributed by atoms with Crippen LogP contribution in [0.1, 0.15) is 30.6 Å². The molecule has 0 fully saturated rings. The highest BCUT2D eigenvalue weighted by Crippen LogP contribution is 2.32. The van der Waals surface area contributed by atoms with Crippen LogP contribution >= 0.6 is 0 Å². The molecule has 1 aromatic rings. The maximum absolute atomic E-state index is 12.0. The van der Waals surface area contributed by atoms with Crippen molar-refractivity contribution in [1.82, 2.24) is 5.32 Å². The highest BCUT2D eigenvalue weighted by atomic mass is 16.7. The van der Waals surface area contributed by atoms with Gasteiger partial charge in [-0.25, -0.2) is 0 Å². The molecule has 0 aromatic heterocycles. The van der Waals surface area contributed by atoms with E-state index in [1.165, 1.54) is 0 Å². The predicted molar refractivity (Wildman–Crippen MR) is 67.8 cm³/mol. The number of fused-ring (bicyclic) bond motifs is 1. The van der Waals surface area contributed by atoms with Crippen LogP contribution in [0.2, 0.25) is 0 Å². The van der Waals surface area contributed by atoms with E-state index in [1.807, 2.05) is 13.8 Å². The number of amides is 1. The topological polar surface area (TPSA) is 73.6 Å². The number of hydrogen-bond donors (Lipinski definition) is 2. The molecule has 2 unspecified atom stereocenters. The van der Waals surface area contributed by atoms with Crippen molar-refractivity contribution in [3.63, 3.8) is 0 Å². The lowest BCUT2D eigenvalue weighted by Crippen LogP contribution is -2.36. The van der Waals surface area contributed by atoms with Crippen molar-refractivity contribution >= 4 is 5.91 Å². The van der Waals surface area contributed by atoms with Gasteiger partial charge in [0.25, 0.3) is 5.91 Å². The lowest BCUT2D eigenvalue weighted by molar-refractivity contribution is 0.0937. The number of carbonyl (C=O) groups excluding carboxylic acids is 1. The Kier molecular flexibility index (Phi) is 3.72. The van der Waals surface area contributed by atoms with E-state index in [-0.39, 0.29) is 24.8 Å². The van der Waals surface area contributed by atoms with E-state index < -0.39 is 0 Å². The van der Waals surface area contributed by atoms with E-state index in [0.29, 0.717) is 17.1 Å². The number of benzene rings is 1. The second-order valence-corrected chi connectivity index (χ2v) is 4.66. The van der Waals surface area contributed by atoms with Crippen molar-refractivity contribution in [3.05, 3.63) is 23.8 Å². The molecule has 1 amide bonds. The summed E-state index contributed by atoms with van der Waals surface area (Å²) in [7, 11) is 0. The average molecular weight is 250 g/mol. The van der Waals surface area contributed by atoms with E-state index in [4.69, 9.17) is 15.2 Å². The molecule has 1 aliphatic heterocycles. The third-order valence-electron chi connectivity index (χ3n) is 2.74. The Morgan fingerprint density at radius 2 is 2.11 bits per heavy atom. The first-order valence-electron chi connectivity index (χ1n) is 6.02. The van der Waals surface area contributed by atoms with Gasteiger partial charge in [0.2, 0.25) is 6.79 Å². The largest absolute Gasteiger partial charge is 0.454 e. The first-order chi connectivity index (χ1) is 8.56. The molecule has 1 heterocycles. The van der Waals surface area contributed by atoms with Gasteiger partial charge >= 0.3 is 0 Å². The molecule has 1 aliphatic rings. The summed E-state index contributed by atoms with van der Waals surface area (Å²) < 4.78 is 10.4. The molecular weight excluding hydrogens is 232 g/mol. The van der Waals surface area contributed by atoms with Gasteiger partial charge in [-0.3, -0.25) is 4.79 Å². The smallest absolute Gasteiger partial charge is 0.251 e. The van der Waals surface area contributed by atoms with Crippen molar-refractivity contribution in [1.29, 1.82) is 0 Å². The van der Waals surface area contributed by atoms with Crippen LogP contribution in [-0.4, -0.2) is 24.8 Å². The highest BCUT2D eigenvalue weighted by molar-refractivity contribution is 5.95. The molecule has 3 N–H and O–H groups in total. The standard InChI is InChI=1S/C13H18N2O3/c1-8(14)5-9(2)15-13(16)10-3-4-11-12(6-10)18-7-17-11/h3-4,6,8-9H,5,7,14H2,1-2H3,(H,15,16). The van der Waals surface area contributed by atoms with Gasteiger partial charge in [0.15, 0.2) is 11.5 Å². The van der Waals surface area contributed by atoms with Crippen molar-refractivity contribution in [3.8, 4) is 11.5 Å². The van der Waals surface area contributed by atoms with E-state index in [1.54, 1.807) is 18.2 Å². The third kappa shape index (κ3) is 2.92. The molecule has 98 valence electrons. The monoisotopic (exact) mass is 250 g/mol. The molecule has 0 saturated heterocycles. The fourth-order valence-corrected chi connectivity index (χ4v) is 1.96. The molecular formula is C13H18N2O3. The SMILES string of the molecule is CC(N)CC(C)NC(=O)c1ccc2c(c1)OCO2. The van der Waals surface area contributed by atoms with Crippen LogP contribution in [0.4, 0.5) is 0 Å². The summed E-state index contributed by atoms with van der Waals surface area (Å²) >= 11 is 0. The number of rotatable bonds is 4. The summed E-state index contributed by atoms with van der Waals surface area (Å²) in [6, 6.07) is 5.27. The van der Waals surface area contributed by atoms with Crippen LogP contribution < -0.4 is 20.5 Å². The Labute approximate surface area is 106 Å². The van der Waals surface area contributed by atoms with Gasteiger partial charge in [-0.15, -0.1) is 0 Å². The fraction of sp³-hybridized carbons (Fsp3) is 0.462. The predicted octanol–water partition coefficient (Wildman–Crippen LogP) is 1.27. The van der Waals surface area contributed by atoms with Crippen molar-refractivity contribution in [2.24, 2.45) is 5.73 Å². The van der Waals surface area contributed by atoms with Gasteiger partial charge in [-0.2, -0.15) is 0 Å². The maximum Gasteiger partial charge on any atom is 0.251 e. The van der Waals surface area contributed by atoms with Crippen molar-refractivity contribution in [2.45, 2.75) is 32.4 Å². The van der Waals surface area contributed by atoms with E-state index in [2.05, 4.69) is 5.32 Å². The average Bonchev–Trinajstić information content (AvgIpc) is 2.74. The Bertz CT molecular complexity index is 446. The molecule has 2 rings (SSSR count). The maximum atomic E-state index is 12.0. The van der Waals surface area contributed by atoms with Crippen LogP contribution in [0.25, 0.3) is 0 Å². The first kappa shape index (κ1) is 12.7. The fourth-order valence-electron chi connectivity index (χ4n) is 1.96. The second-order valence-electron chi connectivity index (χ2n) is 4.66. The minimum Gasteiger partial charge on any atom is -0.454 e. The van der Waals surface area contributed by atoms with E-state index in [0.717, 1.165) is 6.42 Å². The number of hydrogen-bond acceptors (Lipinski definition) is 4. The van der Waals surface area contributed by atoms with Crippen molar-refractivity contribution in [2.75, 3.05) is 6.79 Å². The number of ether oxygens (including phenoxy) is 2. The zero-order valence-electron chi connectivity index (χ0n) is 10.6. The van der Waals surface area contributed by atoms with Gasteiger partial charge < -0.3 is 20.5 Å². The quantitative estimate of drug-likeness (QED) is 0.844. The molecule has 5 heteroatoms. The Balaban J connectivity index is 2.01. The molecule has 0 aliphatic carbocycles. The third-order valence-corrected chi connectivity index (χ3v) is 2.74. The van der Waals surface area contributed by atoms with Crippen LogP contribution in [-0.2, 0) is 0 Å². The lowest BCUT2D eigenvalue weighted by atomic mass is 10.1. The van der Waals surface area contributed by atoms with E-state index in [9.17, 15) is 4.79 Å². The zero-order valence-corrected chi connectivity index (χ0v) is 10.6. The van der Waals surface area contributed by atoms with Crippen LogP contribution in [0.3, 0.4) is 0 Å². The Hall–Kier alpha value is -1.75. The summed E-state index contributed by atoms with van der Waals surface area (Å²) in [6.07, 6.45) is 0.746. The van der Waals surface area contributed by atoms with Crippen LogP contribution in [0.5, 0.6) is 11.5 Å². The summed E-state index contributed by atoms with van der Waals surface area (Å²) in [5, 5.41) is 2.90.